The van der Waals surface area contributed by atoms with Crippen molar-refractivity contribution in [2.45, 2.75) is 32.4 Å². The number of piperazine rings is 1. The fraction of sp³-hybridized carbons (Fsp3) is 0.562. The van der Waals surface area contributed by atoms with E-state index in [-0.39, 0.29) is 24.0 Å². The van der Waals surface area contributed by atoms with Gasteiger partial charge in [0.25, 0.3) is 0 Å². The molecule has 1 aromatic rings. The van der Waals surface area contributed by atoms with Crippen molar-refractivity contribution < 1.29 is 13.9 Å². The van der Waals surface area contributed by atoms with Gasteiger partial charge in [-0.15, -0.1) is 0 Å². The molecule has 0 N–H and O–H groups in total. The quantitative estimate of drug-likeness (QED) is 0.859. The molecule has 2 atom stereocenters. The van der Waals surface area contributed by atoms with Crippen LogP contribution in [0.5, 0.6) is 0 Å². The predicted molar refractivity (Wildman–Crippen MR) is 79.7 cm³/mol. The highest BCUT2D eigenvalue weighted by atomic mass is 19.1. The van der Waals surface area contributed by atoms with Crippen LogP contribution in [-0.2, 0) is 11.2 Å². The summed E-state index contributed by atoms with van der Waals surface area (Å²) in [6.07, 6.45) is 0.625. The Kier molecular flexibility index (Phi) is 5.17. The van der Waals surface area contributed by atoms with E-state index < -0.39 is 0 Å². The molecular formula is C16H23FN2O2. The predicted octanol–water partition coefficient (Wildman–Crippen LogP) is 2.53. The summed E-state index contributed by atoms with van der Waals surface area (Å²) in [5.74, 6) is -0.202. The van der Waals surface area contributed by atoms with Crippen molar-refractivity contribution in [3.8, 4) is 0 Å². The average Bonchev–Trinajstić information content (AvgIpc) is 2.47. The molecule has 0 radical (unpaired) electrons. The Morgan fingerprint density at radius 1 is 1.24 bits per heavy atom. The number of methoxy groups -OCH3 is 1. The SMILES string of the molecule is COC(=O)N1CC(C)N(CCc2ccc(F)cc2)C(C)C1. The van der Waals surface area contributed by atoms with E-state index in [0.717, 1.165) is 18.5 Å². The van der Waals surface area contributed by atoms with Crippen LogP contribution in [0.1, 0.15) is 19.4 Å². The van der Waals surface area contributed by atoms with Crippen LogP contribution < -0.4 is 0 Å². The Morgan fingerprint density at radius 3 is 2.33 bits per heavy atom. The van der Waals surface area contributed by atoms with Gasteiger partial charge in [-0.2, -0.15) is 0 Å². The van der Waals surface area contributed by atoms with E-state index >= 15 is 0 Å². The van der Waals surface area contributed by atoms with Crippen LogP contribution >= 0.6 is 0 Å². The molecule has 2 rings (SSSR count). The van der Waals surface area contributed by atoms with E-state index in [1.54, 1.807) is 4.90 Å². The van der Waals surface area contributed by atoms with E-state index in [9.17, 15) is 9.18 Å². The van der Waals surface area contributed by atoms with Crippen molar-refractivity contribution in [2.24, 2.45) is 0 Å². The van der Waals surface area contributed by atoms with Crippen LogP contribution in [0.2, 0.25) is 0 Å². The first-order valence-corrected chi connectivity index (χ1v) is 7.34. The number of ether oxygens (including phenoxy) is 1. The summed E-state index contributed by atoms with van der Waals surface area (Å²) in [6.45, 7) is 6.51. The molecule has 0 spiro atoms. The molecule has 0 aromatic heterocycles. The van der Waals surface area contributed by atoms with E-state index in [4.69, 9.17) is 4.74 Å². The lowest BCUT2D eigenvalue weighted by Gasteiger charge is -2.43. The normalized spacial score (nSPS) is 23.1. The number of nitrogens with zero attached hydrogens (tertiary/aromatic N) is 2. The third kappa shape index (κ3) is 3.94. The first-order chi connectivity index (χ1) is 10.0. The van der Waals surface area contributed by atoms with Gasteiger partial charge < -0.3 is 9.64 Å². The van der Waals surface area contributed by atoms with E-state index in [1.807, 2.05) is 12.1 Å². The van der Waals surface area contributed by atoms with Crippen LogP contribution in [0.3, 0.4) is 0 Å². The standard InChI is InChI=1S/C16H23FN2O2/c1-12-10-18(16(20)21-3)11-13(2)19(12)9-8-14-4-6-15(17)7-5-14/h4-7,12-13H,8-11H2,1-3H3. The second kappa shape index (κ2) is 6.89. The molecule has 21 heavy (non-hydrogen) atoms. The number of carbonyl (C=O) groups excluding carboxylic acids is 1. The maximum atomic E-state index is 12.9. The number of amides is 1. The third-order valence-electron chi connectivity index (χ3n) is 4.11. The maximum Gasteiger partial charge on any atom is 0.409 e. The van der Waals surface area contributed by atoms with E-state index in [0.29, 0.717) is 13.1 Å². The third-order valence-corrected chi connectivity index (χ3v) is 4.11. The van der Waals surface area contributed by atoms with Gasteiger partial charge in [0, 0.05) is 31.7 Å². The largest absolute Gasteiger partial charge is 0.453 e. The Hall–Kier alpha value is -1.62. The summed E-state index contributed by atoms with van der Waals surface area (Å²) in [4.78, 5) is 15.8. The summed E-state index contributed by atoms with van der Waals surface area (Å²) in [5, 5.41) is 0. The van der Waals surface area contributed by atoms with E-state index in [2.05, 4.69) is 18.7 Å². The number of rotatable bonds is 3. The molecule has 0 bridgehead atoms. The Labute approximate surface area is 125 Å². The maximum absolute atomic E-state index is 12.9. The molecule has 1 heterocycles. The summed E-state index contributed by atoms with van der Waals surface area (Å²) in [5.41, 5.74) is 1.13. The van der Waals surface area contributed by atoms with Gasteiger partial charge in [-0.05, 0) is 38.0 Å². The van der Waals surface area contributed by atoms with Gasteiger partial charge in [0.05, 0.1) is 7.11 Å². The van der Waals surface area contributed by atoms with Crippen LogP contribution in [0.15, 0.2) is 24.3 Å². The molecule has 1 amide bonds. The fourth-order valence-corrected chi connectivity index (χ4v) is 2.98. The number of hydrogen-bond donors (Lipinski definition) is 0. The molecule has 5 heteroatoms. The van der Waals surface area contributed by atoms with Crippen molar-refractivity contribution in [1.29, 1.82) is 0 Å². The number of hydrogen-bond acceptors (Lipinski definition) is 3. The van der Waals surface area contributed by atoms with Gasteiger partial charge in [0.2, 0.25) is 0 Å². The molecule has 0 aliphatic carbocycles. The molecule has 1 aliphatic rings. The first kappa shape index (κ1) is 15.8. The van der Waals surface area contributed by atoms with Crippen molar-refractivity contribution >= 4 is 6.09 Å². The number of carbonyl (C=O) groups is 1. The average molecular weight is 294 g/mol. The topological polar surface area (TPSA) is 32.8 Å². The second-order valence-corrected chi connectivity index (χ2v) is 5.69. The van der Waals surface area contributed by atoms with E-state index in [1.165, 1.54) is 19.2 Å². The molecule has 116 valence electrons. The van der Waals surface area contributed by atoms with Gasteiger partial charge >= 0.3 is 6.09 Å². The Balaban J connectivity index is 1.91. The van der Waals surface area contributed by atoms with Crippen LogP contribution in [0.25, 0.3) is 0 Å². The zero-order valence-electron chi connectivity index (χ0n) is 12.9. The van der Waals surface area contributed by atoms with Gasteiger partial charge in [-0.1, -0.05) is 12.1 Å². The molecular weight excluding hydrogens is 271 g/mol. The number of benzene rings is 1. The van der Waals surface area contributed by atoms with Crippen LogP contribution in [-0.4, -0.2) is 54.7 Å². The molecule has 1 fully saturated rings. The highest BCUT2D eigenvalue weighted by molar-refractivity contribution is 5.67. The number of halogens is 1. The van der Waals surface area contributed by atoms with Crippen LogP contribution in [0.4, 0.5) is 9.18 Å². The smallest absolute Gasteiger partial charge is 0.409 e. The van der Waals surface area contributed by atoms with Gasteiger partial charge in [0.15, 0.2) is 0 Å². The first-order valence-electron chi connectivity index (χ1n) is 7.34. The molecule has 2 unspecified atom stereocenters. The minimum atomic E-state index is -0.258. The minimum Gasteiger partial charge on any atom is -0.453 e. The molecule has 1 aromatic carbocycles. The lowest BCUT2D eigenvalue weighted by molar-refractivity contribution is 0.0348. The second-order valence-electron chi connectivity index (χ2n) is 5.69. The summed E-state index contributed by atoms with van der Waals surface area (Å²) < 4.78 is 17.7. The van der Waals surface area contributed by atoms with Crippen molar-refractivity contribution in [2.75, 3.05) is 26.7 Å². The lowest BCUT2D eigenvalue weighted by atomic mass is 10.1. The van der Waals surface area contributed by atoms with Crippen LogP contribution in [0, 0.1) is 5.82 Å². The molecule has 1 saturated heterocycles. The fourth-order valence-electron chi connectivity index (χ4n) is 2.98. The zero-order chi connectivity index (χ0) is 15.4. The van der Waals surface area contributed by atoms with Crippen molar-refractivity contribution in [1.82, 2.24) is 9.80 Å². The zero-order valence-corrected chi connectivity index (χ0v) is 12.9. The van der Waals surface area contributed by atoms with Crippen molar-refractivity contribution in [3.05, 3.63) is 35.6 Å². The van der Waals surface area contributed by atoms with Gasteiger partial charge in [0.1, 0.15) is 5.82 Å². The Morgan fingerprint density at radius 2 is 1.81 bits per heavy atom. The highest BCUT2D eigenvalue weighted by Crippen LogP contribution is 2.17. The van der Waals surface area contributed by atoms with Gasteiger partial charge in [-0.3, -0.25) is 4.90 Å². The molecule has 0 saturated carbocycles. The van der Waals surface area contributed by atoms with Gasteiger partial charge in [-0.25, -0.2) is 9.18 Å². The highest BCUT2D eigenvalue weighted by Gasteiger charge is 2.31. The monoisotopic (exact) mass is 294 g/mol. The lowest BCUT2D eigenvalue weighted by Crippen LogP contribution is -2.58. The summed E-state index contributed by atoms with van der Waals surface area (Å²) in [7, 11) is 1.42. The minimum absolute atomic E-state index is 0.202. The Bertz CT molecular complexity index is 466. The molecule has 4 nitrogen and oxygen atoms in total. The summed E-state index contributed by atoms with van der Waals surface area (Å²) >= 11 is 0. The van der Waals surface area contributed by atoms with Crippen molar-refractivity contribution in [3.63, 3.8) is 0 Å². The molecule has 1 aliphatic heterocycles. The summed E-state index contributed by atoms with van der Waals surface area (Å²) in [6, 6.07) is 7.22.